The minimum absolute atomic E-state index is 0.0372. The molecule has 0 fully saturated rings. The van der Waals surface area contributed by atoms with Crippen LogP contribution in [0.1, 0.15) is 15.9 Å². The molecule has 0 bridgehead atoms. The van der Waals surface area contributed by atoms with Crippen molar-refractivity contribution in [3.8, 4) is 22.8 Å². The molecule has 0 saturated carbocycles. The Bertz CT molecular complexity index is 693. The molecule has 7 heteroatoms. The number of nitrogens with two attached hydrogens (primary N) is 1. The second-order valence-corrected chi connectivity index (χ2v) is 4.47. The molecule has 0 atom stereocenters. The summed E-state index contributed by atoms with van der Waals surface area (Å²) in [6, 6.07) is 3.55. The highest BCUT2D eigenvalue weighted by atomic mass is 16.6. The molecule has 1 aliphatic rings. The number of benzene rings is 1. The minimum atomic E-state index is -1.12. The fourth-order valence-electron chi connectivity index (χ4n) is 2.23. The van der Waals surface area contributed by atoms with E-state index in [0.29, 0.717) is 36.0 Å². The van der Waals surface area contributed by atoms with Gasteiger partial charge in [0.25, 0.3) is 0 Å². The van der Waals surface area contributed by atoms with E-state index in [9.17, 15) is 9.90 Å². The predicted octanol–water partition coefficient (Wildman–Crippen LogP) is 1.44. The van der Waals surface area contributed by atoms with Gasteiger partial charge in [0.05, 0.1) is 5.69 Å². The predicted molar refractivity (Wildman–Crippen MR) is 71.1 cm³/mol. The molecule has 0 saturated heterocycles. The molecule has 0 unspecified atom stereocenters. The molecule has 3 rings (SSSR count). The summed E-state index contributed by atoms with van der Waals surface area (Å²) in [5.74, 6) is 0.0746. The summed E-state index contributed by atoms with van der Waals surface area (Å²) in [5, 5.41) is 15.7. The first-order valence-electron chi connectivity index (χ1n) is 6.05. The maximum absolute atomic E-state index is 11.3. The Morgan fingerprint density at radius 1 is 1.35 bits per heavy atom. The molecule has 1 aliphatic heterocycles. The Balaban J connectivity index is 2.18. The number of rotatable bonds is 2. The summed E-state index contributed by atoms with van der Waals surface area (Å²) in [5.41, 5.74) is 7.44. The molecule has 0 amide bonds. The number of H-pyrrole nitrogens is 1. The summed E-state index contributed by atoms with van der Waals surface area (Å²) >= 11 is 0. The Labute approximate surface area is 114 Å². The van der Waals surface area contributed by atoms with Gasteiger partial charge in [-0.1, -0.05) is 0 Å². The Morgan fingerprint density at radius 2 is 2.00 bits per heavy atom. The van der Waals surface area contributed by atoms with E-state index in [4.69, 9.17) is 15.2 Å². The molecule has 0 aliphatic carbocycles. The first kappa shape index (κ1) is 12.3. The quantitative estimate of drug-likeness (QED) is 0.764. The molecular formula is C13H13N3O4. The average molecular weight is 275 g/mol. The summed E-state index contributed by atoms with van der Waals surface area (Å²) in [6.07, 6.45) is 0. The lowest BCUT2D eigenvalue weighted by molar-refractivity contribution is 0.0699. The molecular weight excluding hydrogens is 262 g/mol. The molecule has 7 nitrogen and oxygen atoms in total. The van der Waals surface area contributed by atoms with Gasteiger partial charge in [0.2, 0.25) is 0 Å². The summed E-state index contributed by atoms with van der Waals surface area (Å²) in [7, 11) is 0. The van der Waals surface area contributed by atoms with Gasteiger partial charge in [-0.15, -0.1) is 0 Å². The number of fused-ring (bicyclic) bond motifs is 1. The number of ether oxygens (including phenoxy) is 2. The number of carboxylic acids is 1. The number of nitrogens with zero attached hydrogens (tertiary/aromatic N) is 1. The molecule has 104 valence electrons. The second-order valence-electron chi connectivity index (χ2n) is 4.47. The van der Waals surface area contributed by atoms with Crippen LogP contribution in [0.4, 0.5) is 5.82 Å². The minimum Gasteiger partial charge on any atom is -0.486 e. The Kier molecular flexibility index (Phi) is 2.74. The molecule has 20 heavy (non-hydrogen) atoms. The maximum Gasteiger partial charge on any atom is 0.341 e. The van der Waals surface area contributed by atoms with Crippen LogP contribution in [0.3, 0.4) is 0 Å². The number of nitrogens with one attached hydrogen (secondary N) is 1. The van der Waals surface area contributed by atoms with Crippen LogP contribution in [-0.2, 0) is 0 Å². The van der Waals surface area contributed by atoms with Crippen LogP contribution >= 0.6 is 0 Å². The van der Waals surface area contributed by atoms with Crippen LogP contribution in [0.2, 0.25) is 0 Å². The third kappa shape index (κ3) is 1.83. The number of hydrogen-bond donors (Lipinski definition) is 3. The first-order valence-corrected chi connectivity index (χ1v) is 6.05. The number of aryl methyl sites for hydroxylation is 1. The summed E-state index contributed by atoms with van der Waals surface area (Å²) in [4.78, 5) is 11.3. The van der Waals surface area contributed by atoms with E-state index < -0.39 is 5.97 Å². The van der Waals surface area contributed by atoms with Crippen molar-refractivity contribution >= 4 is 11.8 Å². The smallest absolute Gasteiger partial charge is 0.341 e. The average Bonchev–Trinajstić information content (AvgIpc) is 2.79. The fraction of sp³-hybridized carbons (Fsp3) is 0.231. The van der Waals surface area contributed by atoms with Gasteiger partial charge in [0.1, 0.15) is 18.8 Å². The molecule has 2 heterocycles. The van der Waals surface area contributed by atoms with Crippen molar-refractivity contribution in [2.75, 3.05) is 18.9 Å². The van der Waals surface area contributed by atoms with Gasteiger partial charge in [-0.2, -0.15) is 5.10 Å². The third-order valence-electron chi connectivity index (χ3n) is 3.17. The molecule has 1 aromatic heterocycles. The highest BCUT2D eigenvalue weighted by molar-refractivity contribution is 6.00. The zero-order valence-electron chi connectivity index (χ0n) is 10.8. The summed E-state index contributed by atoms with van der Waals surface area (Å²) in [6.45, 7) is 2.83. The first-order chi connectivity index (χ1) is 9.58. The highest BCUT2D eigenvalue weighted by Gasteiger charge is 2.22. The van der Waals surface area contributed by atoms with E-state index in [1.807, 2.05) is 13.0 Å². The zero-order valence-corrected chi connectivity index (χ0v) is 10.8. The Morgan fingerprint density at radius 3 is 2.65 bits per heavy atom. The number of carbonyl (C=O) groups is 1. The van der Waals surface area contributed by atoms with Gasteiger partial charge in [0, 0.05) is 5.56 Å². The van der Waals surface area contributed by atoms with E-state index in [1.54, 1.807) is 6.07 Å². The number of carboxylic acid groups (broad SMARTS) is 1. The van der Waals surface area contributed by atoms with Crippen LogP contribution in [0, 0.1) is 6.92 Å². The van der Waals surface area contributed by atoms with Crippen molar-refractivity contribution in [2.24, 2.45) is 0 Å². The van der Waals surface area contributed by atoms with Crippen LogP contribution < -0.4 is 15.2 Å². The highest BCUT2D eigenvalue weighted by Crippen LogP contribution is 2.38. The molecule has 4 N–H and O–H groups in total. The fourth-order valence-corrected chi connectivity index (χ4v) is 2.23. The van der Waals surface area contributed by atoms with Crippen LogP contribution in [0.15, 0.2) is 12.1 Å². The van der Waals surface area contributed by atoms with E-state index in [1.165, 1.54) is 0 Å². The van der Waals surface area contributed by atoms with Gasteiger partial charge < -0.3 is 20.3 Å². The van der Waals surface area contributed by atoms with Gasteiger partial charge in [-0.05, 0) is 24.6 Å². The van der Waals surface area contributed by atoms with Crippen molar-refractivity contribution in [3.05, 3.63) is 23.3 Å². The van der Waals surface area contributed by atoms with E-state index >= 15 is 0 Å². The molecule has 1 aromatic carbocycles. The summed E-state index contributed by atoms with van der Waals surface area (Å²) < 4.78 is 11.0. The van der Waals surface area contributed by atoms with Gasteiger partial charge in [-0.3, -0.25) is 5.10 Å². The number of aromatic carboxylic acids is 1. The number of aromatic amines is 1. The monoisotopic (exact) mass is 275 g/mol. The zero-order chi connectivity index (χ0) is 14.3. The van der Waals surface area contributed by atoms with E-state index in [2.05, 4.69) is 10.2 Å². The SMILES string of the molecule is Cc1cc2c(cc1-c1[nH]nc(N)c1C(=O)O)OCCO2. The third-order valence-corrected chi connectivity index (χ3v) is 3.17. The van der Waals surface area contributed by atoms with Crippen molar-refractivity contribution in [1.29, 1.82) is 0 Å². The topological polar surface area (TPSA) is 110 Å². The van der Waals surface area contributed by atoms with Crippen LogP contribution in [0.5, 0.6) is 11.5 Å². The maximum atomic E-state index is 11.3. The second kappa shape index (κ2) is 4.44. The lowest BCUT2D eigenvalue weighted by Gasteiger charge is -2.20. The lowest BCUT2D eigenvalue weighted by atomic mass is 10.0. The van der Waals surface area contributed by atoms with Crippen molar-refractivity contribution in [1.82, 2.24) is 10.2 Å². The van der Waals surface area contributed by atoms with Crippen molar-refractivity contribution in [3.63, 3.8) is 0 Å². The molecule has 0 spiro atoms. The van der Waals surface area contributed by atoms with E-state index in [-0.39, 0.29) is 11.4 Å². The van der Waals surface area contributed by atoms with E-state index in [0.717, 1.165) is 5.56 Å². The van der Waals surface area contributed by atoms with Crippen LogP contribution in [-0.4, -0.2) is 34.5 Å². The number of hydrogen-bond acceptors (Lipinski definition) is 5. The van der Waals surface area contributed by atoms with Crippen molar-refractivity contribution < 1.29 is 19.4 Å². The molecule has 2 aromatic rings. The Hall–Kier alpha value is -2.70. The number of nitrogen functional groups attached to an aromatic ring is 1. The van der Waals surface area contributed by atoms with Gasteiger partial charge >= 0.3 is 5.97 Å². The standard InChI is InChI=1S/C13H13N3O4/c1-6-4-8-9(20-3-2-19-8)5-7(6)11-10(13(17)18)12(14)16-15-11/h4-5H,2-3H2,1H3,(H,17,18)(H3,14,15,16). The van der Waals surface area contributed by atoms with Gasteiger partial charge in [0.15, 0.2) is 17.3 Å². The normalized spacial score (nSPS) is 13.2. The number of aromatic nitrogens is 2. The van der Waals surface area contributed by atoms with Crippen LogP contribution in [0.25, 0.3) is 11.3 Å². The van der Waals surface area contributed by atoms with Gasteiger partial charge in [-0.25, -0.2) is 4.79 Å². The van der Waals surface area contributed by atoms with Crippen molar-refractivity contribution in [2.45, 2.75) is 6.92 Å². The largest absolute Gasteiger partial charge is 0.486 e. The number of anilines is 1. The molecule has 0 radical (unpaired) electrons. The lowest BCUT2D eigenvalue weighted by Crippen LogP contribution is -2.15.